The smallest absolute Gasteiger partial charge is 0.305 e. The zero-order valence-corrected chi connectivity index (χ0v) is 8.93. The van der Waals surface area contributed by atoms with Gasteiger partial charge in [0.1, 0.15) is 0 Å². The summed E-state index contributed by atoms with van der Waals surface area (Å²) in [7, 11) is 0. The molecule has 0 aliphatic heterocycles. The molecule has 0 saturated heterocycles. The van der Waals surface area contributed by atoms with Crippen molar-refractivity contribution in [3.8, 4) is 0 Å². The number of unbranched alkanes of at least 4 members (excludes halogenated alkanes) is 1. The van der Waals surface area contributed by atoms with Crippen molar-refractivity contribution < 1.29 is 9.53 Å². The van der Waals surface area contributed by atoms with Gasteiger partial charge in [0.15, 0.2) is 0 Å². The lowest BCUT2D eigenvalue weighted by molar-refractivity contribution is -0.143. The highest BCUT2D eigenvalue weighted by atomic mass is 16.5. The van der Waals surface area contributed by atoms with Gasteiger partial charge in [-0.15, -0.1) is 0 Å². The fraction of sp³-hybridized carbons (Fsp3) is 0.900. The van der Waals surface area contributed by atoms with Crippen LogP contribution >= 0.6 is 0 Å². The van der Waals surface area contributed by atoms with Crippen LogP contribution in [-0.2, 0) is 9.53 Å². The molecule has 0 aromatic carbocycles. The van der Waals surface area contributed by atoms with E-state index in [1.165, 1.54) is 0 Å². The lowest BCUT2D eigenvalue weighted by Crippen LogP contribution is -2.23. The maximum Gasteiger partial charge on any atom is 0.305 e. The van der Waals surface area contributed by atoms with Crippen molar-refractivity contribution in [2.45, 2.75) is 46.1 Å². The molecule has 3 heteroatoms. The molecule has 0 radical (unpaired) electrons. The van der Waals surface area contributed by atoms with Gasteiger partial charge in [-0.1, -0.05) is 13.8 Å². The summed E-state index contributed by atoms with van der Waals surface area (Å²) in [5.41, 5.74) is 0. The van der Waals surface area contributed by atoms with E-state index in [2.05, 4.69) is 19.2 Å². The van der Waals surface area contributed by atoms with Crippen molar-refractivity contribution in [1.82, 2.24) is 5.32 Å². The average molecular weight is 187 g/mol. The number of carbonyl (C=O) groups is 1. The Kier molecular flexibility index (Phi) is 7.69. The summed E-state index contributed by atoms with van der Waals surface area (Å²) < 4.78 is 4.81. The molecule has 0 aliphatic carbocycles. The summed E-state index contributed by atoms with van der Waals surface area (Å²) >= 11 is 0. The van der Waals surface area contributed by atoms with Gasteiger partial charge in [-0.2, -0.15) is 0 Å². The Morgan fingerprint density at radius 2 is 2.08 bits per heavy atom. The highest BCUT2D eigenvalue weighted by Gasteiger charge is 2.00. The number of hydrogen-bond donors (Lipinski definition) is 1. The van der Waals surface area contributed by atoms with E-state index in [1.54, 1.807) is 0 Å². The molecule has 0 amide bonds. The van der Waals surface area contributed by atoms with Gasteiger partial charge in [-0.3, -0.25) is 4.79 Å². The molecule has 1 N–H and O–H groups in total. The van der Waals surface area contributed by atoms with E-state index >= 15 is 0 Å². The van der Waals surface area contributed by atoms with Crippen LogP contribution in [0.5, 0.6) is 0 Å². The molecule has 0 aliphatic rings. The minimum atomic E-state index is -0.0768. The second kappa shape index (κ2) is 8.05. The van der Waals surface area contributed by atoms with Crippen molar-refractivity contribution in [1.29, 1.82) is 0 Å². The lowest BCUT2D eigenvalue weighted by atomic mass is 10.2. The van der Waals surface area contributed by atoms with Crippen molar-refractivity contribution in [3.63, 3.8) is 0 Å². The van der Waals surface area contributed by atoms with Crippen LogP contribution in [0.2, 0.25) is 0 Å². The van der Waals surface area contributed by atoms with Gasteiger partial charge in [0, 0.05) is 12.5 Å². The van der Waals surface area contributed by atoms with E-state index in [9.17, 15) is 4.79 Å². The minimum Gasteiger partial charge on any atom is -0.466 e. The maximum atomic E-state index is 10.9. The summed E-state index contributed by atoms with van der Waals surface area (Å²) in [6.07, 6.45) is 2.50. The number of carbonyl (C=O) groups excluding carboxylic acids is 1. The lowest BCUT2D eigenvalue weighted by Gasteiger charge is -2.06. The first kappa shape index (κ1) is 12.4. The molecular formula is C10H21NO2. The fourth-order valence-corrected chi connectivity index (χ4v) is 1.02. The van der Waals surface area contributed by atoms with Crippen molar-refractivity contribution in [2.75, 3.05) is 13.2 Å². The zero-order chi connectivity index (χ0) is 10.1. The normalized spacial score (nSPS) is 10.5. The average Bonchev–Trinajstić information content (AvgIpc) is 2.03. The Hall–Kier alpha value is -0.570. The summed E-state index contributed by atoms with van der Waals surface area (Å²) in [6.45, 7) is 7.54. The van der Waals surface area contributed by atoms with Gasteiger partial charge in [0.05, 0.1) is 6.61 Å². The minimum absolute atomic E-state index is 0.0768. The van der Waals surface area contributed by atoms with Crippen molar-refractivity contribution >= 4 is 5.97 Å². The molecule has 3 nitrogen and oxygen atoms in total. The Bertz CT molecular complexity index is 135. The SMILES string of the molecule is CCOC(=O)CCCCNC(C)C. The second-order valence-electron chi connectivity index (χ2n) is 3.37. The van der Waals surface area contributed by atoms with Crippen molar-refractivity contribution in [2.24, 2.45) is 0 Å². The summed E-state index contributed by atoms with van der Waals surface area (Å²) in [4.78, 5) is 10.9. The largest absolute Gasteiger partial charge is 0.466 e. The molecule has 0 heterocycles. The van der Waals surface area contributed by atoms with Crippen LogP contribution in [0.15, 0.2) is 0 Å². The number of ether oxygens (including phenoxy) is 1. The molecule has 0 saturated carbocycles. The van der Waals surface area contributed by atoms with Gasteiger partial charge < -0.3 is 10.1 Å². The quantitative estimate of drug-likeness (QED) is 0.487. The van der Waals surface area contributed by atoms with Gasteiger partial charge in [-0.25, -0.2) is 0 Å². The third-order valence-electron chi connectivity index (χ3n) is 1.67. The number of rotatable bonds is 7. The first-order valence-corrected chi connectivity index (χ1v) is 5.05. The van der Waals surface area contributed by atoms with Crippen LogP contribution < -0.4 is 5.32 Å². The molecule has 0 atom stereocenters. The Morgan fingerprint density at radius 1 is 1.38 bits per heavy atom. The fourth-order valence-electron chi connectivity index (χ4n) is 1.02. The molecule has 0 bridgehead atoms. The van der Waals surface area contributed by atoms with E-state index in [4.69, 9.17) is 4.74 Å². The van der Waals surface area contributed by atoms with E-state index < -0.39 is 0 Å². The molecule has 0 aromatic heterocycles. The summed E-state index contributed by atoms with van der Waals surface area (Å²) in [5, 5.41) is 3.30. The monoisotopic (exact) mass is 187 g/mol. The second-order valence-corrected chi connectivity index (χ2v) is 3.37. The Balaban J connectivity index is 3.11. The third-order valence-corrected chi connectivity index (χ3v) is 1.67. The molecule has 78 valence electrons. The molecular weight excluding hydrogens is 166 g/mol. The van der Waals surface area contributed by atoms with Crippen LogP contribution in [0.1, 0.15) is 40.0 Å². The van der Waals surface area contributed by atoms with Crippen molar-refractivity contribution in [3.05, 3.63) is 0 Å². The van der Waals surface area contributed by atoms with Crippen LogP contribution in [0.3, 0.4) is 0 Å². The Labute approximate surface area is 80.8 Å². The molecule has 0 rings (SSSR count). The number of nitrogens with one attached hydrogen (secondary N) is 1. The van der Waals surface area contributed by atoms with E-state index in [0.717, 1.165) is 19.4 Å². The van der Waals surface area contributed by atoms with E-state index in [-0.39, 0.29) is 5.97 Å². The topological polar surface area (TPSA) is 38.3 Å². The highest BCUT2D eigenvalue weighted by Crippen LogP contribution is 1.96. The zero-order valence-electron chi connectivity index (χ0n) is 8.93. The van der Waals surface area contributed by atoms with Crippen LogP contribution in [0, 0.1) is 0 Å². The Morgan fingerprint density at radius 3 is 2.62 bits per heavy atom. The molecule has 0 aromatic rings. The molecule has 13 heavy (non-hydrogen) atoms. The standard InChI is InChI=1S/C10H21NO2/c1-4-13-10(12)7-5-6-8-11-9(2)3/h9,11H,4-8H2,1-3H3. The first-order chi connectivity index (χ1) is 6.16. The molecule has 0 spiro atoms. The number of hydrogen-bond acceptors (Lipinski definition) is 3. The van der Waals surface area contributed by atoms with E-state index in [0.29, 0.717) is 19.1 Å². The van der Waals surface area contributed by atoms with Crippen LogP contribution in [-0.4, -0.2) is 25.2 Å². The van der Waals surface area contributed by atoms with Crippen LogP contribution in [0.25, 0.3) is 0 Å². The maximum absolute atomic E-state index is 10.9. The van der Waals surface area contributed by atoms with Crippen LogP contribution in [0.4, 0.5) is 0 Å². The summed E-state index contributed by atoms with van der Waals surface area (Å²) in [6, 6.07) is 0.530. The predicted molar refractivity (Wildman–Crippen MR) is 53.6 cm³/mol. The molecule has 0 unspecified atom stereocenters. The first-order valence-electron chi connectivity index (χ1n) is 5.05. The van der Waals surface area contributed by atoms with Gasteiger partial charge in [0.2, 0.25) is 0 Å². The predicted octanol–water partition coefficient (Wildman–Crippen LogP) is 1.72. The van der Waals surface area contributed by atoms with Gasteiger partial charge in [0.25, 0.3) is 0 Å². The highest BCUT2D eigenvalue weighted by molar-refractivity contribution is 5.69. The number of esters is 1. The summed E-state index contributed by atoms with van der Waals surface area (Å²) in [5.74, 6) is -0.0768. The van der Waals surface area contributed by atoms with Gasteiger partial charge in [-0.05, 0) is 26.3 Å². The van der Waals surface area contributed by atoms with E-state index in [1.807, 2.05) is 6.92 Å². The molecule has 0 fully saturated rings. The third kappa shape index (κ3) is 9.34. The van der Waals surface area contributed by atoms with Gasteiger partial charge >= 0.3 is 5.97 Å².